The second-order valence-electron chi connectivity index (χ2n) is 7.55. The highest BCUT2D eigenvalue weighted by Gasteiger charge is 2.02. The Bertz CT molecular complexity index is 1250. The number of carbonyl (C=O) groups excluding carboxylic acids is 2. The van der Waals surface area contributed by atoms with Crippen LogP contribution in [0.3, 0.4) is 0 Å². The quantitative estimate of drug-likeness (QED) is 0.191. The molecule has 0 aliphatic carbocycles. The van der Waals surface area contributed by atoms with Crippen LogP contribution >= 0.6 is 0 Å². The van der Waals surface area contributed by atoms with E-state index in [4.69, 9.17) is 9.47 Å². The summed E-state index contributed by atoms with van der Waals surface area (Å²) in [6.45, 7) is 7.08. The Labute approximate surface area is 204 Å². The minimum atomic E-state index is -0.468. The number of esters is 2. The van der Waals surface area contributed by atoms with Crippen LogP contribution in [0.1, 0.15) is 33.4 Å². The highest BCUT2D eigenvalue weighted by Crippen LogP contribution is 2.17. The van der Waals surface area contributed by atoms with Crippen LogP contribution in [0, 0.1) is 5.82 Å². The predicted octanol–water partition coefficient (Wildman–Crippen LogP) is 6.62. The number of carbonyl (C=O) groups is 2. The Balaban J connectivity index is 1.58. The van der Waals surface area contributed by atoms with Gasteiger partial charge in [0.15, 0.2) is 0 Å². The van der Waals surface area contributed by atoms with Gasteiger partial charge in [-0.2, -0.15) is 0 Å². The van der Waals surface area contributed by atoms with Crippen LogP contribution in [-0.2, 0) is 32.3 Å². The van der Waals surface area contributed by atoms with E-state index in [0.29, 0.717) is 5.56 Å². The second-order valence-corrected chi connectivity index (χ2v) is 7.55. The van der Waals surface area contributed by atoms with Crippen LogP contribution in [0.2, 0.25) is 0 Å². The summed E-state index contributed by atoms with van der Waals surface area (Å²) in [6.07, 6.45) is 9.51. The molecule has 35 heavy (non-hydrogen) atoms. The smallest absolute Gasteiger partial charge is 0.330 e. The van der Waals surface area contributed by atoms with E-state index < -0.39 is 11.9 Å². The third-order valence-corrected chi connectivity index (χ3v) is 5.00. The summed E-state index contributed by atoms with van der Waals surface area (Å²) in [7, 11) is 0. The van der Waals surface area contributed by atoms with Gasteiger partial charge in [-0.3, -0.25) is 0 Å². The van der Waals surface area contributed by atoms with E-state index in [1.165, 1.54) is 6.07 Å². The molecule has 0 heterocycles. The van der Waals surface area contributed by atoms with Gasteiger partial charge in [-0.15, -0.1) is 0 Å². The van der Waals surface area contributed by atoms with Crippen LogP contribution < -0.4 is 0 Å². The van der Waals surface area contributed by atoms with Gasteiger partial charge in [0.2, 0.25) is 0 Å². The summed E-state index contributed by atoms with van der Waals surface area (Å²) in [5.41, 5.74) is 4.77. The van der Waals surface area contributed by atoms with Crippen LogP contribution in [-0.4, -0.2) is 11.9 Å². The lowest BCUT2D eigenvalue weighted by Gasteiger charge is -2.03. The van der Waals surface area contributed by atoms with Gasteiger partial charge < -0.3 is 9.47 Å². The third kappa shape index (κ3) is 8.09. The molecule has 0 saturated carbocycles. The Morgan fingerprint density at radius 2 is 1.09 bits per heavy atom. The van der Waals surface area contributed by atoms with E-state index in [0.717, 1.165) is 40.0 Å². The minimum absolute atomic E-state index is 0.174. The molecule has 0 aliphatic heterocycles. The fourth-order valence-corrected chi connectivity index (χ4v) is 3.04. The maximum Gasteiger partial charge on any atom is 0.330 e. The molecule has 0 radical (unpaired) electrons. The first kappa shape index (κ1) is 25.1. The molecule has 4 nitrogen and oxygen atoms in total. The number of hydrogen-bond donors (Lipinski definition) is 0. The molecule has 0 saturated heterocycles. The minimum Gasteiger partial charge on any atom is -0.458 e. The van der Waals surface area contributed by atoms with Gasteiger partial charge in [-0.05, 0) is 33.9 Å². The zero-order valence-electron chi connectivity index (χ0n) is 19.2. The molecule has 0 fully saturated rings. The van der Waals surface area contributed by atoms with Crippen molar-refractivity contribution >= 4 is 36.2 Å². The lowest BCUT2D eigenvalue weighted by Crippen LogP contribution is -1.99. The van der Waals surface area contributed by atoms with Crippen molar-refractivity contribution in [2.24, 2.45) is 0 Å². The van der Waals surface area contributed by atoms with Crippen molar-refractivity contribution in [3.63, 3.8) is 0 Å². The lowest BCUT2D eigenvalue weighted by molar-refractivity contribution is -0.139. The van der Waals surface area contributed by atoms with Gasteiger partial charge >= 0.3 is 11.9 Å². The van der Waals surface area contributed by atoms with Crippen LogP contribution in [0.5, 0.6) is 0 Å². The highest BCUT2D eigenvalue weighted by molar-refractivity contribution is 5.81. The lowest BCUT2D eigenvalue weighted by atomic mass is 10.1. The Kier molecular flexibility index (Phi) is 9.08. The topological polar surface area (TPSA) is 52.6 Å². The van der Waals surface area contributed by atoms with E-state index in [2.05, 4.69) is 13.2 Å². The molecule has 0 bridgehead atoms. The van der Waals surface area contributed by atoms with Crippen LogP contribution in [0.25, 0.3) is 24.3 Å². The average Bonchev–Trinajstić information content (AvgIpc) is 2.89. The van der Waals surface area contributed by atoms with Crippen molar-refractivity contribution in [2.45, 2.75) is 13.2 Å². The van der Waals surface area contributed by atoms with Gasteiger partial charge in [0.25, 0.3) is 0 Å². The average molecular weight is 469 g/mol. The SMILES string of the molecule is C=CC(=O)OCc1ccc(C=Cc2ccc(C=Cc3ccc(COC(=O)C=C)cc3)c(F)c2)cc1. The summed E-state index contributed by atoms with van der Waals surface area (Å²) in [5.74, 6) is -1.25. The first-order valence-electron chi connectivity index (χ1n) is 10.9. The number of halogens is 1. The number of hydrogen-bond acceptors (Lipinski definition) is 4. The van der Waals surface area contributed by atoms with E-state index in [1.54, 1.807) is 12.1 Å². The molecule has 0 aliphatic rings. The first-order valence-corrected chi connectivity index (χ1v) is 10.9. The zero-order chi connectivity index (χ0) is 25.0. The van der Waals surface area contributed by atoms with Gasteiger partial charge in [-0.25, -0.2) is 14.0 Å². The Morgan fingerprint density at radius 1 is 0.657 bits per heavy atom. The monoisotopic (exact) mass is 468 g/mol. The molecular weight excluding hydrogens is 443 g/mol. The molecule has 0 N–H and O–H groups in total. The summed E-state index contributed by atoms with van der Waals surface area (Å²) in [6, 6.07) is 20.0. The van der Waals surface area contributed by atoms with Crippen LogP contribution in [0.4, 0.5) is 4.39 Å². The molecule has 0 amide bonds. The van der Waals surface area contributed by atoms with E-state index in [-0.39, 0.29) is 19.0 Å². The second kappa shape index (κ2) is 12.7. The van der Waals surface area contributed by atoms with Crippen molar-refractivity contribution in [1.82, 2.24) is 0 Å². The van der Waals surface area contributed by atoms with Gasteiger partial charge in [0.05, 0.1) is 0 Å². The fraction of sp³-hybridized carbons (Fsp3) is 0.0667. The van der Waals surface area contributed by atoms with Crippen molar-refractivity contribution in [1.29, 1.82) is 0 Å². The van der Waals surface area contributed by atoms with E-state index in [1.807, 2.05) is 72.8 Å². The molecule has 176 valence electrons. The molecule has 0 aromatic heterocycles. The van der Waals surface area contributed by atoms with Crippen molar-refractivity contribution in [2.75, 3.05) is 0 Å². The Hall–Kier alpha value is -4.51. The third-order valence-electron chi connectivity index (χ3n) is 5.00. The molecule has 0 spiro atoms. The van der Waals surface area contributed by atoms with E-state index in [9.17, 15) is 14.0 Å². The highest BCUT2D eigenvalue weighted by atomic mass is 19.1. The molecule has 0 atom stereocenters. The molecule has 3 aromatic carbocycles. The first-order chi connectivity index (χ1) is 17.0. The number of benzene rings is 3. The predicted molar refractivity (Wildman–Crippen MR) is 137 cm³/mol. The number of ether oxygens (including phenoxy) is 2. The fourth-order valence-electron chi connectivity index (χ4n) is 3.04. The number of rotatable bonds is 10. The van der Waals surface area contributed by atoms with Crippen molar-refractivity contribution < 1.29 is 23.5 Å². The Morgan fingerprint density at radius 3 is 1.54 bits per heavy atom. The maximum absolute atomic E-state index is 14.6. The van der Waals surface area contributed by atoms with Crippen molar-refractivity contribution in [3.8, 4) is 0 Å². The molecule has 0 unspecified atom stereocenters. The van der Waals surface area contributed by atoms with Crippen LogP contribution in [0.15, 0.2) is 92.0 Å². The maximum atomic E-state index is 14.6. The normalized spacial score (nSPS) is 10.9. The van der Waals surface area contributed by atoms with Gasteiger partial charge in [0.1, 0.15) is 19.0 Å². The summed E-state index contributed by atoms with van der Waals surface area (Å²) in [4.78, 5) is 22.3. The summed E-state index contributed by atoms with van der Waals surface area (Å²) < 4.78 is 24.6. The summed E-state index contributed by atoms with van der Waals surface area (Å²) in [5, 5.41) is 0. The molecule has 5 heteroatoms. The molecule has 3 aromatic rings. The van der Waals surface area contributed by atoms with E-state index >= 15 is 0 Å². The zero-order valence-corrected chi connectivity index (χ0v) is 19.2. The summed E-state index contributed by atoms with van der Waals surface area (Å²) >= 11 is 0. The standard InChI is InChI=1S/C30H25FO4/c1-3-29(32)34-20-25-11-6-22(7-12-25)5-10-24-16-18-27(28(31)19-24)17-15-23-8-13-26(14-9-23)21-35-30(33)4-2/h3-19H,1-2,20-21H2. The van der Waals surface area contributed by atoms with Gasteiger partial charge in [-0.1, -0.05) is 98.1 Å². The largest absolute Gasteiger partial charge is 0.458 e. The van der Waals surface area contributed by atoms with Crippen molar-refractivity contribution in [3.05, 3.63) is 131 Å². The molecular formula is C30H25FO4. The van der Waals surface area contributed by atoms with Gasteiger partial charge in [0, 0.05) is 17.7 Å². The molecule has 3 rings (SSSR count).